The molecule has 0 radical (unpaired) electrons. The monoisotopic (exact) mass is 423 g/mol. The van der Waals surface area contributed by atoms with E-state index in [-0.39, 0.29) is 29.4 Å². The first-order valence-corrected chi connectivity index (χ1v) is 10.4. The highest BCUT2D eigenvalue weighted by molar-refractivity contribution is 7.85. The molecule has 2 rings (SSSR count). The minimum atomic E-state index is -3.67. The number of ether oxygens (including phenoxy) is 1. The largest absolute Gasteiger partial charge is 0.504 e. The van der Waals surface area contributed by atoms with E-state index in [0.29, 0.717) is 17.4 Å². The van der Waals surface area contributed by atoms with Gasteiger partial charge in [0.25, 0.3) is 10.1 Å². The SMILES string of the molecule is CC(C)(C)NCC(=O)c1ccc(OC(=O)c2ccccc2)c(O)c1.CS(=O)(=O)O. The molecule has 9 heteroatoms. The summed E-state index contributed by atoms with van der Waals surface area (Å²) in [5.41, 5.74) is 0.554. The maximum atomic E-state index is 12.1. The van der Waals surface area contributed by atoms with Gasteiger partial charge < -0.3 is 15.2 Å². The van der Waals surface area contributed by atoms with E-state index >= 15 is 0 Å². The molecule has 0 spiro atoms. The quantitative estimate of drug-likeness (QED) is 0.290. The van der Waals surface area contributed by atoms with E-state index in [4.69, 9.17) is 9.29 Å². The molecule has 3 N–H and O–H groups in total. The molecule has 0 aliphatic carbocycles. The molecular formula is C20H25NO7S. The van der Waals surface area contributed by atoms with Gasteiger partial charge in [-0.05, 0) is 51.1 Å². The molecule has 0 saturated heterocycles. The van der Waals surface area contributed by atoms with Crippen LogP contribution in [0.25, 0.3) is 0 Å². The second kappa shape index (κ2) is 10.1. The van der Waals surface area contributed by atoms with Crippen LogP contribution in [0.2, 0.25) is 0 Å². The fourth-order valence-electron chi connectivity index (χ4n) is 1.96. The summed E-state index contributed by atoms with van der Waals surface area (Å²) >= 11 is 0. The summed E-state index contributed by atoms with van der Waals surface area (Å²) < 4.78 is 31.0. The number of hydrogen-bond acceptors (Lipinski definition) is 7. The predicted molar refractivity (Wildman–Crippen MR) is 109 cm³/mol. The van der Waals surface area contributed by atoms with E-state index in [1.54, 1.807) is 30.3 Å². The second-order valence-corrected chi connectivity index (χ2v) is 8.66. The summed E-state index contributed by atoms with van der Waals surface area (Å²) in [4.78, 5) is 24.1. The van der Waals surface area contributed by atoms with Crippen LogP contribution in [-0.2, 0) is 10.1 Å². The number of phenolic OH excluding ortho intramolecular Hbond substituents is 1. The Labute approximate surface area is 170 Å². The Morgan fingerprint density at radius 1 is 1.03 bits per heavy atom. The van der Waals surface area contributed by atoms with Crippen molar-refractivity contribution in [3.63, 3.8) is 0 Å². The van der Waals surface area contributed by atoms with Crippen LogP contribution in [0.3, 0.4) is 0 Å². The summed E-state index contributed by atoms with van der Waals surface area (Å²) in [5.74, 6) is -0.953. The van der Waals surface area contributed by atoms with Crippen LogP contribution in [0.5, 0.6) is 11.5 Å². The van der Waals surface area contributed by atoms with Crippen molar-refractivity contribution in [3.8, 4) is 11.5 Å². The van der Waals surface area contributed by atoms with Crippen molar-refractivity contribution >= 4 is 21.9 Å². The van der Waals surface area contributed by atoms with Gasteiger partial charge in [0.15, 0.2) is 17.3 Å². The number of ketones is 1. The van der Waals surface area contributed by atoms with Crippen molar-refractivity contribution in [2.45, 2.75) is 26.3 Å². The summed E-state index contributed by atoms with van der Waals surface area (Å²) in [6, 6.07) is 12.7. The minimum absolute atomic E-state index is 0.0178. The van der Waals surface area contributed by atoms with E-state index in [0.717, 1.165) is 0 Å². The number of carbonyl (C=O) groups is 2. The number of aromatic hydroxyl groups is 1. The normalized spacial score (nSPS) is 11.2. The average Bonchev–Trinajstić information content (AvgIpc) is 2.60. The topological polar surface area (TPSA) is 130 Å². The van der Waals surface area contributed by atoms with Crippen LogP contribution in [0.4, 0.5) is 0 Å². The van der Waals surface area contributed by atoms with Crippen LogP contribution in [0.1, 0.15) is 41.5 Å². The third-order valence-electron chi connectivity index (χ3n) is 3.27. The number of esters is 1. The van der Waals surface area contributed by atoms with Crippen LogP contribution < -0.4 is 10.1 Å². The number of phenols is 1. The Balaban J connectivity index is 0.000000749. The van der Waals surface area contributed by atoms with Crippen LogP contribution >= 0.6 is 0 Å². The average molecular weight is 423 g/mol. The lowest BCUT2D eigenvalue weighted by Crippen LogP contribution is -2.39. The summed E-state index contributed by atoms with van der Waals surface area (Å²) in [6.07, 6.45) is 0.715. The van der Waals surface area contributed by atoms with Gasteiger partial charge in [-0.1, -0.05) is 18.2 Å². The minimum Gasteiger partial charge on any atom is -0.504 e. The number of carbonyl (C=O) groups excluding carboxylic acids is 2. The van der Waals surface area contributed by atoms with E-state index in [1.165, 1.54) is 18.2 Å². The molecule has 0 amide bonds. The fraction of sp³-hybridized carbons (Fsp3) is 0.300. The Hall–Kier alpha value is -2.75. The zero-order valence-corrected chi connectivity index (χ0v) is 17.5. The van der Waals surface area contributed by atoms with Crippen molar-refractivity contribution in [3.05, 3.63) is 59.7 Å². The molecule has 29 heavy (non-hydrogen) atoms. The van der Waals surface area contributed by atoms with E-state index in [2.05, 4.69) is 5.32 Å². The molecule has 0 atom stereocenters. The molecule has 0 aliphatic rings. The van der Waals surface area contributed by atoms with Gasteiger partial charge in [0, 0.05) is 11.1 Å². The van der Waals surface area contributed by atoms with Gasteiger partial charge in [-0.15, -0.1) is 0 Å². The standard InChI is InChI=1S/C19H21NO4.CH4O3S/c1-19(2,3)20-12-16(22)14-9-10-17(15(21)11-14)24-18(23)13-7-5-4-6-8-13;1-5(2,3)4/h4-11,20-21H,12H2,1-3H3;1H3,(H,2,3,4). The third-order valence-corrected chi connectivity index (χ3v) is 3.27. The van der Waals surface area contributed by atoms with Crippen molar-refractivity contribution in [1.29, 1.82) is 0 Å². The van der Waals surface area contributed by atoms with Gasteiger partial charge in [-0.3, -0.25) is 9.35 Å². The smallest absolute Gasteiger partial charge is 0.343 e. The lowest BCUT2D eigenvalue weighted by atomic mass is 10.1. The molecule has 0 saturated carbocycles. The lowest BCUT2D eigenvalue weighted by Gasteiger charge is -2.19. The van der Waals surface area contributed by atoms with Crippen LogP contribution in [0, 0.1) is 0 Å². The highest BCUT2D eigenvalue weighted by Crippen LogP contribution is 2.27. The Morgan fingerprint density at radius 3 is 2.07 bits per heavy atom. The van der Waals surface area contributed by atoms with Crippen molar-refractivity contribution < 1.29 is 32.4 Å². The summed E-state index contributed by atoms with van der Waals surface area (Å²) in [5, 5.41) is 13.1. The molecule has 0 heterocycles. The van der Waals surface area contributed by atoms with E-state index in [1.807, 2.05) is 20.8 Å². The molecule has 0 unspecified atom stereocenters. The lowest BCUT2D eigenvalue weighted by molar-refractivity contribution is 0.0729. The zero-order valence-electron chi connectivity index (χ0n) is 16.7. The highest BCUT2D eigenvalue weighted by Gasteiger charge is 2.16. The molecule has 8 nitrogen and oxygen atoms in total. The van der Waals surface area contributed by atoms with Crippen LogP contribution in [-0.4, -0.2) is 48.2 Å². The van der Waals surface area contributed by atoms with Crippen LogP contribution in [0.15, 0.2) is 48.5 Å². The maximum Gasteiger partial charge on any atom is 0.343 e. The molecule has 158 valence electrons. The molecule has 2 aromatic rings. The van der Waals surface area contributed by atoms with Crippen molar-refractivity contribution in [2.75, 3.05) is 12.8 Å². The first-order chi connectivity index (χ1) is 13.3. The number of rotatable bonds is 5. The summed E-state index contributed by atoms with van der Waals surface area (Å²) in [6.45, 7) is 6.05. The Morgan fingerprint density at radius 2 is 1.59 bits per heavy atom. The molecule has 0 bridgehead atoms. The van der Waals surface area contributed by atoms with Gasteiger partial charge in [0.05, 0.1) is 18.4 Å². The van der Waals surface area contributed by atoms with Gasteiger partial charge in [-0.2, -0.15) is 8.42 Å². The molecular weight excluding hydrogens is 398 g/mol. The number of nitrogens with one attached hydrogen (secondary N) is 1. The Bertz CT molecular complexity index is 941. The zero-order chi connectivity index (χ0) is 22.2. The fourth-order valence-corrected chi connectivity index (χ4v) is 1.96. The first kappa shape index (κ1) is 24.3. The number of Topliss-reactive ketones (excluding diaryl/α,β-unsaturated/α-hetero) is 1. The van der Waals surface area contributed by atoms with Gasteiger partial charge in [-0.25, -0.2) is 4.79 Å². The maximum absolute atomic E-state index is 12.1. The molecule has 0 aromatic heterocycles. The van der Waals surface area contributed by atoms with Gasteiger partial charge in [0.2, 0.25) is 0 Å². The first-order valence-electron chi connectivity index (χ1n) is 8.57. The van der Waals surface area contributed by atoms with E-state index < -0.39 is 16.1 Å². The van der Waals surface area contributed by atoms with Crippen molar-refractivity contribution in [2.24, 2.45) is 0 Å². The molecule has 0 aliphatic heterocycles. The van der Waals surface area contributed by atoms with Crippen molar-refractivity contribution in [1.82, 2.24) is 5.32 Å². The predicted octanol–water partition coefficient (Wildman–Crippen LogP) is 2.69. The Kier molecular flexibility index (Phi) is 8.50. The molecule has 0 fully saturated rings. The highest BCUT2D eigenvalue weighted by atomic mass is 32.2. The summed E-state index contributed by atoms with van der Waals surface area (Å²) in [7, 11) is -3.67. The van der Waals surface area contributed by atoms with E-state index in [9.17, 15) is 23.1 Å². The molecule has 2 aromatic carbocycles. The number of benzene rings is 2. The number of hydrogen-bond donors (Lipinski definition) is 3. The van der Waals surface area contributed by atoms with Gasteiger partial charge >= 0.3 is 5.97 Å². The van der Waals surface area contributed by atoms with Gasteiger partial charge in [0.1, 0.15) is 0 Å². The second-order valence-electron chi connectivity index (χ2n) is 7.20. The third kappa shape index (κ3) is 10.4.